The van der Waals surface area contributed by atoms with Crippen LogP contribution in [0.4, 0.5) is 5.82 Å². The second-order valence-electron chi connectivity index (χ2n) is 9.02. The smallest absolute Gasteiger partial charge is 0.305 e. The first-order valence-electron chi connectivity index (χ1n) is 12.7. The van der Waals surface area contributed by atoms with Crippen LogP contribution in [-0.2, 0) is 19.2 Å². The highest BCUT2D eigenvalue weighted by molar-refractivity contribution is 5.88. The molecule has 1 heterocycles. The van der Waals surface area contributed by atoms with E-state index in [1.807, 2.05) is 54.6 Å². The molecule has 2 aromatic carbocycles. The van der Waals surface area contributed by atoms with Crippen LogP contribution < -0.4 is 21.7 Å². The number of primary amides is 1. The first-order valence-corrected chi connectivity index (χ1v) is 12.7. The van der Waals surface area contributed by atoms with Gasteiger partial charge in [-0.05, 0) is 41.7 Å². The number of carbonyl (C=O) groups excluding carboxylic acids is 3. The Hall–Kier alpha value is -4.73. The van der Waals surface area contributed by atoms with Crippen LogP contribution in [0.1, 0.15) is 43.7 Å². The van der Waals surface area contributed by atoms with Gasteiger partial charge in [0.25, 0.3) is 0 Å². The highest BCUT2D eigenvalue weighted by atomic mass is 16.4. The Labute approximate surface area is 227 Å². The zero-order valence-electron chi connectivity index (χ0n) is 21.5. The van der Waals surface area contributed by atoms with Gasteiger partial charge in [-0.25, -0.2) is 4.98 Å². The summed E-state index contributed by atoms with van der Waals surface area (Å²) >= 11 is 0. The van der Waals surface area contributed by atoms with E-state index in [1.165, 1.54) is 0 Å². The van der Waals surface area contributed by atoms with Gasteiger partial charge < -0.3 is 26.8 Å². The van der Waals surface area contributed by atoms with Gasteiger partial charge in [-0.2, -0.15) is 0 Å². The van der Waals surface area contributed by atoms with Crippen molar-refractivity contribution in [1.29, 1.82) is 0 Å². The Morgan fingerprint density at radius 1 is 0.846 bits per heavy atom. The maximum Gasteiger partial charge on any atom is 0.305 e. The zero-order chi connectivity index (χ0) is 28.0. The standard InChI is InChI=1S/C29H33N5O5/c30-25(35)16-15-23(33-27(36)10-6-18-32-26-9-4-5-17-31-26)29(39)34-24(19-28(37)38)22-13-11-21(12-14-22)20-7-2-1-3-8-20/h1-5,7-9,11-14,17,23-24H,6,10,15-16,18-19H2,(H2,30,35)(H,31,32)(H,33,36)(H,34,39)(H,37,38)/t23-,24?/m1/s1. The van der Waals surface area contributed by atoms with E-state index in [0.717, 1.165) is 11.1 Å². The molecule has 3 amide bonds. The molecule has 0 radical (unpaired) electrons. The van der Waals surface area contributed by atoms with Crippen molar-refractivity contribution in [3.63, 3.8) is 0 Å². The minimum absolute atomic E-state index is 0.00811. The van der Waals surface area contributed by atoms with Gasteiger partial charge in [0.15, 0.2) is 0 Å². The minimum atomic E-state index is -1.09. The number of carbonyl (C=O) groups is 4. The first-order chi connectivity index (χ1) is 18.8. The molecule has 1 unspecified atom stereocenters. The third kappa shape index (κ3) is 9.92. The number of aliphatic carboxylic acids is 1. The van der Waals surface area contributed by atoms with E-state index < -0.39 is 29.9 Å². The van der Waals surface area contributed by atoms with E-state index in [-0.39, 0.29) is 31.6 Å². The molecule has 0 saturated heterocycles. The molecule has 0 aliphatic rings. The molecule has 6 N–H and O–H groups in total. The van der Waals surface area contributed by atoms with Crippen LogP contribution in [0.3, 0.4) is 0 Å². The highest BCUT2D eigenvalue weighted by Crippen LogP contribution is 2.23. The average Bonchev–Trinajstić information content (AvgIpc) is 2.94. The van der Waals surface area contributed by atoms with Gasteiger partial charge in [0, 0.05) is 25.6 Å². The Kier molecular flexibility index (Phi) is 11.0. The monoisotopic (exact) mass is 531 g/mol. The van der Waals surface area contributed by atoms with E-state index in [1.54, 1.807) is 24.4 Å². The van der Waals surface area contributed by atoms with E-state index in [0.29, 0.717) is 24.3 Å². The number of nitrogens with one attached hydrogen (secondary N) is 3. The number of hydrogen-bond acceptors (Lipinski definition) is 6. The summed E-state index contributed by atoms with van der Waals surface area (Å²) < 4.78 is 0. The molecular weight excluding hydrogens is 498 g/mol. The molecule has 2 atom stereocenters. The van der Waals surface area contributed by atoms with Gasteiger partial charge in [0.2, 0.25) is 17.7 Å². The third-order valence-corrected chi connectivity index (χ3v) is 6.00. The predicted octanol–water partition coefficient (Wildman–Crippen LogP) is 3.02. The Morgan fingerprint density at radius 3 is 2.18 bits per heavy atom. The molecule has 10 nitrogen and oxygen atoms in total. The number of nitrogens with zero attached hydrogens (tertiary/aromatic N) is 1. The number of hydrogen-bond donors (Lipinski definition) is 5. The van der Waals surface area contributed by atoms with Crippen LogP contribution >= 0.6 is 0 Å². The lowest BCUT2D eigenvalue weighted by Crippen LogP contribution is -2.48. The van der Waals surface area contributed by atoms with Gasteiger partial charge in [-0.15, -0.1) is 0 Å². The number of aromatic nitrogens is 1. The largest absolute Gasteiger partial charge is 0.481 e. The molecule has 0 aliphatic carbocycles. The zero-order valence-corrected chi connectivity index (χ0v) is 21.5. The van der Waals surface area contributed by atoms with E-state index in [2.05, 4.69) is 20.9 Å². The maximum atomic E-state index is 13.2. The molecule has 3 rings (SSSR count). The first kappa shape index (κ1) is 28.8. The Morgan fingerprint density at radius 2 is 1.54 bits per heavy atom. The lowest BCUT2D eigenvalue weighted by Gasteiger charge is -2.23. The molecule has 0 aliphatic heterocycles. The van der Waals surface area contributed by atoms with E-state index >= 15 is 0 Å². The summed E-state index contributed by atoms with van der Waals surface area (Å²) in [6.45, 7) is 0.502. The highest BCUT2D eigenvalue weighted by Gasteiger charge is 2.25. The van der Waals surface area contributed by atoms with Crippen LogP contribution in [0.25, 0.3) is 11.1 Å². The van der Waals surface area contributed by atoms with Crippen molar-refractivity contribution in [2.75, 3.05) is 11.9 Å². The summed E-state index contributed by atoms with van der Waals surface area (Å²) in [4.78, 5) is 52.8. The second kappa shape index (κ2) is 14.9. The van der Waals surface area contributed by atoms with Crippen molar-refractivity contribution in [1.82, 2.24) is 15.6 Å². The normalized spacial score (nSPS) is 12.1. The number of carboxylic acids is 1. The summed E-state index contributed by atoms with van der Waals surface area (Å²) in [5.41, 5.74) is 7.83. The van der Waals surface area contributed by atoms with Crippen LogP contribution in [0.2, 0.25) is 0 Å². The van der Waals surface area contributed by atoms with Gasteiger partial charge in [-0.1, -0.05) is 60.7 Å². The topological polar surface area (TPSA) is 164 Å². The number of amides is 3. The number of carboxylic acid groups (broad SMARTS) is 1. The number of nitrogens with two attached hydrogens (primary N) is 1. The summed E-state index contributed by atoms with van der Waals surface area (Å²) in [5.74, 6) is -1.97. The number of benzene rings is 2. The van der Waals surface area contributed by atoms with Crippen molar-refractivity contribution in [3.8, 4) is 11.1 Å². The Bertz CT molecular complexity index is 1240. The van der Waals surface area contributed by atoms with E-state index in [4.69, 9.17) is 5.73 Å². The fourth-order valence-corrected chi connectivity index (χ4v) is 3.99. The van der Waals surface area contributed by atoms with Crippen molar-refractivity contribution in [2.45, 2.75) is 44.2 Å². The fourth-order valence-electron chi connectivity index (χ4n) is 3.99. The molecule has 0 spiro atoms. The van der Waals surface area contributed by atoms with Crippen molar-refractivity contribution in [3.05, 3.63) is 84.6 Å². The average molecular weight is 532 g/mol. The lowest BCUT2D eigenvalue weighted by molar-refractivity contribution is -0.138. The molecule has 0 fully saturated rings. The van der Waals surface area contributed by atoms with Crippen LogP contribution in [0.5, 0.6) is 0 Å². The molecule has 1 aromatic heterocycles. The second-order valence-corrected chi connectivity index (χ2v) is 9.02. The van der Waals surface area contributed by atoms with Crippen LogP contribution in [-0.4, -0.2) is 46.4 Å². The van der Waals surface area contributed by atoms with Crippen molar-refractivity contribution < 1.29 is 24.3 Å². The number of pyridine rings is 1. The van der Waals surface area contributed by atoms with Crippen LogP contribution in [0, 0.1) is 0 Å². The molecule has 3 aromatic rings. The lowest BCUT2D eigenvalue weighted by atomic mass is 9.98. The third-order valence-electron chi connectivity index (χ3n) is 6.00. The number of anilines is 1. The predicted molar refractivity (Wildman–Crippen MR) is 147 cm³/mol. The maximum absolute atomic E-state index is 13.2. The fraction of sp³-hybridized carbons (Fsp3) is 0.276. The van der Waals surface area contributed by atoms with Gasteiger partial charge in [0.05, 0.1) is 12.5 Å². The summed E-state index contributed by atoms with van der Waals surface area (Å²) in [6.07, 6.45) is 1.81. The molecule has 39 heavy (non-hydrogen) atoms. The quantitative estimate of drug-likeness (QED) is 0.188. The number of rotatable bonds is 15. The van der Waals surface area contributed by atoms with Gasteiger partial charge in [-0.3, -0.25) is 19.2 Å². The minimum Gasteiger partial charge on any atom is -0.481 e. The van der Waals surface area contributed by atoms with Crippen molar-refractivity contribution >= 4 is 29.5 Å². The van der Waals surface area contributed by atoms with E-state index in [9.17, 15) is 24.3 Å². The Balaban J connectivity index is 1.63. The van der Waals surface area contributed by atoms with Gasteiger partial charge in [0.1, 0.15) is 11.9 Å². The summed E-state index contributed by atoms with van der Waals surface area (Å²) in [5, 5.41) is 18.0. The van der Waals surface area contributed by atoms with Gasteiger partial charge >= 0.3 is 5.97 Å². The summed E-state index contributed by atoms with van der Waals surface area (Å²) in [7, 11) is 0. The van der Waals surface area contributed by atoms with Crippen molar-refractivity contribution in [2.24, 2.45) is 5.73 Å². The molecular formula is C29H33N5O5. The molecule has 10 heteroatoms. The molecule has 0 saturated carbocycles. The molecule has 204 valence electrons. The van der Waals surface area contributed by atoms with Crippen LogP contribution in [0.15, 0.2) is 79.0 Å². The SMILES string of the molecule is NC(=O)CC[C@@H](NC(=O)CCCNc1ccccn1)C(=O)NC(CC(=O)O)c1ccc(-c2ccccc2)cc1. The molecule has 0 bridgehead atoms. The summed E-state index contributed by atoms with van der Waals surface area (Å²) in [6, 6.07) is 20.5.